The van der Waals surface area contributed by atoms with Crippen LogP contribution >= 0.6 is 11.8 Å². The van der Waals surface area contributed by atoms with Crippen LogP contribution in [0.5, 0.6) is 5.75 Å². The van der Waals surface area contributed by atoms with Gasteiger partial charge in [-0.05, 0) is 24.5 Å². The first kappa shape index (κ1) is 11.0. The summed E-state index contributed by atoms with van der Waals surface area (Å²) in [6.45, 7) is 0.190. The fraction of sp³-hybridized carbons (Fsp3) is 0.200. The number of nitrogens with zero attached hydrogens (tertiary/aromatic N) is 2. The highest BCUT2D eigenvalue weighted by atomic mass is 32.2. The van der Waals surface area contributed by atoms with E-state index in [4.69, 9.17) is 10.3 Å². The van der Waals surface area contributed by atoms with Gasteiger partial charge < -0.3 is 15.4 Å². The van der Waals surface area contributed by atoms with Crippen molar-refractivity contribution in [2.75, 3.05) is 6.26 Å². The maximum Gasteiger partial charge on any atom is 0.240 e. The van der Waals surface area contributed by atoms with Crippen molar-refractivity contribution in [3.05, 3.63) is 24.1 Å². The third-order valence-electron chi connectivity index (χ3n) is 2.09. The van der Waals surface area contributed by atoms with Crippen molar-refractivity contribution < 1.29 is 9.63 Å². The smallest absolute Gasteiger partial charge is 0.240 e. The Bertz CT molecular complexity index is 499. The molecule has 0 saturated heterocycles. The van der Waals surface area contributed by atoms with E-state index in [1.807, 2.05) is 18.4 Å². The fourth-order valence-electron chi connectivity index (χ4n) is 1.27. The molecular weight excluding hydrogens is 226 g/mol. The Morgan fingerprint density at radius 3 is 2.94 bits per heavy atom. The molecule has 1 aromatic heterocycles. The number of nitrogens with two attached hydrogens (primary N) is 1. The molecule has 0 aliphatic carbocycles. The molecule has 16 heavy (non-hydrogen) atoms. The van der Waals surface area contributed by atoms with Crippen LogP contribution in [0.4, 0.5) is 0 Å². The molecule has 0 atom stereocenters. The van der Waals surface area contributed by atoms with Crippen LogP contribution in [0.25, 0.3) is 11.4 Å². The molecule has 0 unspecified atom stereocenters. The van der Waals surface area contributed by atoms with Crippen molar-refractivity contribution >= 4 is 11.8 Å². The number of hydrogen-bond acceptors (Lipinski definition) is 6. The fourth-order valence-corrected chi connectivity index (χ4v) is 1.71. The third-order valence-corrected chi connectivity index (χ3v) is 2.81. The molecule has 0 saturated carbocycles. The lowest BCUT2D eigenvalue weighted by Gasteiger charge is -2.01. The first-order chi connectivity index (χ1) is 7.74. The monoisotopic (exact) mass is 237 g/mol. The van der Waals surface area contributed by atoms with Crippen molar-refractivity contribution in [2.45, 2.75) is 11.4 Å². The van der Waals surface area contributed by atoms with Gasteiger partial charge in [0.15, 0.2) is 0 Å². The Morgan fingerprint density at radius 2 is 2.31 bits per heavy atom. The Morgan fingerprint density at radius 1 is 1.50 bits per heavy atom. The van der Waals surface area contributed by atoms with Crippen molar-refractivity contribution in [2.24, 2.45) is 5.73 Å². The number of rotatable bonds is 3. The van der Waals surface area contributed by atoms with Gasteiger partial charge in [-0.25, -0.2) is 0 Å². The van der Waals surface area contributed by atoms with Crippen molar-refractivity contribution in [1.29, 1.82) is 0 Å². The van der Waals surface area contributed by atoms with Gasteiger partial charge in [0.1, 0.15) is 5.75 Å². The summed E-state index contributed by atoms with van der Waals surface area (Å²) in [5, 5.41) is 13.5. The molecule has 0 radical (unpaired) electrons. The third kappa shape index (κ3) is 2.02. The molecule has 0 fully saturated rings. The second-order valence-electron chi connectivity index (χ2n) is 3.10. The van der Waals surface area contributed by atoms with Gasteiger partial charge in [-0.1, -0.05) is 5.16 Å². The molecule has 0 aliphatic heterocycles. The predicted molar refractivity (Wildman–Crippen MR) is 61.1 cm³/mol. The highest BCUT2D eigenvalue weighted by Gasteiger charge is 2.12. The minimum Gasteiger partial charge on any atom is -0.507 e. The van der Waals surface area contributed by atoms with E-state index in [0.29, 0.717) is 17.3 Å². The summed E-state index contributed by atoms with van der Waals surface area (Å²) in [4.78, 5) is 5.08. The number of phenolic OH excluding ortho intramolecular Hbond substituents is 1. The Hall–Kier alpha value is -1.53. The summed E-state index contributed by atoms with van der Waals surface area (Å²) in [5.41, 5.74) is 5.92. The number of thioether (sulfide) groups is 1. The second-order valence-corrected chi connectivity index (χ2v) is 3.98. The van der Waals surface area contributed by atoms with Crippen LogP contribution in [0, 0.1) is 0 Å². The van der Waals surface area contributed by atoms with Crippen molar-refractivity contribution in [3.8, 4) is 17.1 Å². The molecule has 0 aliphatic rings. The summed E-state index contributed by atoms with van der Waals surface area (Å²) >= 11 is 1.58. The van der Waals surface area contributed by atoms with Gasteiger partial charge in [0, 0.05) is 4.90 Å². The number of aromatic nitrogens is 2. The molecule has 0 spiro atoms. The highest BCUT2D eigenvalue weighted by Crippen LogP contribution is 2.30. The van der Waals surface area contributed by atoms with Crippen LogP contribution in [0.2, 0.25) is 0 Å². The molecule has 1 aromatic carbocycles. The van der Waals surface area contributed by atoms with E-state index in [1.165, 1.54) is 0 Å². The van der Waals surface area contributed by atoms with E-state index in [1.54, 1.807) is 17.8 Å². The molecule has 5 nitrogen and oxygen atoms in total. The van der Waals surface area contributed by atoms with E-state index in [2.05, 4.69) is 10.1 Å². The number of aromatic hydroxyl groups is 1. The predicted octanol–water partition coefficient (Wildman–Crippen LogP) is 1.62. The Kier molecular flexibility index (Phi) is 3.12. The van der Waals surface area contributed by atoms with Crippen molar-refractivity contribution in [1.82, 2.24) is 10.1 Å². The maximum absolute atomic E-state index is 9.70. The molecule has 2 aromatic rings. The van der Waals surface area contributed by atoms with Crippen LogP contribution in [0.15, 0.2) is 27.6 Å². The zero-order valence-corrected chi connectivity index (χ0v) is 9.49. The van der Waals surface area contributed by atoms with Gasteiger partial charge in [-0.3, -0.25) is 0 Å². The standard InChI is InChI=1S/C10H11N3O2S/c1-16-6-2-3-8(14)7(4-6)10-12-9(5-11)15-13-10/h2-4,14H,5,11H2,1H3. The number of phenols is 1. The lowest BCUT2D eigenvalue weighted by atomic mass is 10.2. The van der Waals surface area contributed by atoms with Crippen LogP contribution in [-0.4, -0.2) is 21.5 Å². The van der Waals surface area contributed by atoms with Gasteiger partial charge in [0.25, 0.3) is 0 Å². The van der Waals surface area contributed by atoms with Gasteiger partial charge in [-0.15, -0.1) is 11.8 Å². The minimum absolute atomic E-state index is 0.127. The molecule has 6 heteroatoms. The molecule has 84 valence electrons. The Balaban J connectivity index is 2.45. The SMILES string of the molecule is CSc1ccc(O)c(-c2noc(CN)n2)c1. The van der Waals surface area contributed by atoms with E-state index in [9.17, 15) is 5.11 Å². The minimum atomic E-state index is 0.127. The van der Waals surface area contributed by atoms with E-state index < -0.39 is 0 Å². The Labute approximate surface area is 96.7 Å². The molecule has 0 bridgehead atoms. The summed E-state index contributed by atoms with van der Waals surface area (Å²) in [5.74, 6) is 0.833. The molecule has 1 heterocycles. The van der Waals surface area contributed by atoms with E-state index in [0.717, 1.165) is 4.90 Å². The van der Waals surface area contributed by atoms with Crippen LogP contribution < -0.4 is 5.73 Å². The summed E-state index contributed by atoms with van der Waals surface area (Å²) < 4.78 is 4.89. The number of benzene rings is 1. The number of hydrogen-bond donors (Lipinski definition) is 2. The second kappa shape index (κ2) is 4.54. The van der Waals surface area contributed by atoms with Crippen LogP contribution in [0.1, 0.15) is 5.89 Å². The summed E-state index contributed by atoms with van der Waals surface area (Å²) in [6.07, 6.45) is 1.96. The molecule has 3 N–H and O–H groups in total. The molecule has 2 rings (SSSR count). The van der Waals surface area contributed by atoms with Gasteiger partial charge in [0.2, 0.25) is 11.7 Å². The van der Waals surface area contributed by atoms with Gasteiger partial charge in [-0.2, -0.15) is 4.98 Å². The van der Waals surface area contributed by atoms with E-state index in [-0.39, 0.29) is 12.3 Å². The summed E-state index contributed by atoms with van der Waals surface area (Å²) in [7, 11) is 0. The van der Waals surface area contributed by atoms with Crippen LogP contribution in [0.3, 0.4) is 0 Å². The quantitative estimate of drug-likeness (QED) is 0.789. The molecular formula is C10H11N3O2S. The average molecular weight is 237 g/mol. The average Bonchev–Trinajstić information content (AvgIpc) is 2.78. The van der Waals surface area contributed by atoms with Crippen LogP contribution in [-0.2, 0) is 6.54 Å². The van der Waals surface area contributed by atoms with Gasteiger partial charge in [0.05, 0.1) is 12.1 Å². The van der Waals surface area contributed by atoms with Crippen molar-refractivity contribution in [3.63, 3.8) is 0 Å². The lowest BCUT2D eigenvalue weighted by molar-refractivity contribution is 0.380. The lowest BCUT2D eigenvalue weighted by Crippen LogP contribution is -1.95. The zero-order valence-electron chi connectivity index (χ0n) is 8.67. The highest BCUT2D eigenvalue weighted by molar-refractivity contribution is 7.98. The summed E-state index contributed by atoms with van der Waals surface area (Å²) in [6, 6.07) is 5.25. The zero-order chi connectivity index (χ0) is 11.5. The molecule has 0 amide bonds. The van der Waals surface area contributed by atoms with Gasteiger partial charge >= 0.3 is 0 Å². The largest absolute Gasteiger partial charge is 0.507 e. The van der Waals surface area contributed by atoms with E-state index >= 15 is 0 Å². The topological polar surface area (TPSA) is 85.2 Å². The first-order valence-corrected chi connectivity index (χ1v) is 5.87. The maximum atomic E-state index is 9.70. The first-order valence-electron chi connectivity index (χ1n) is 4.64. The normalized spacial score (nSPS) is 10.6.